The fourth-order valence-electron chi connectivity index (χ4n) is 4.63. The number of hydrogen-bond donors (Lipinski definition) is 1. The number of aryl methyl sites for hydroxylation is 1. The van der Waals surface area contributed by atoms with Gasteiger partial charge in [0.1, 0.15) is 0 Å². The van der Waals surface area contributed by atoms with Crippen LogP contribution < -0.4 is 5.32 Å². The van der Waals surface area contributed by atoms with Crippen molar-refractivity contribution < 1.29 is 13.6 Å². The summed E-state index contributed by atoms with van der Waals surface area (Å²) in [6.07, 6.45) is 0.979. The van der Waals surface area contributed by atoms with E-state index in [4.69, 9.17) is 0 Å². The lowest BCUT2D eigenvalue weighted by molar-refractivity contribution is 0.112. The smallest absolute Gasteiger partial charge is 0.321 e. The van der Waals surface area contributed by atoms with E-state index in [1.54, 1.807) is 24.3 Å². The van der Waals surface area contributed by atoms with Crippen LogP contribution in [0.15, 0.2) is 48.5 Å². The molecule has 1 N–H and O–H groups in total. The first-order chi connectivity index (χ1) is 12.9. The molecule has 1 aliphatic heterocycles. The summed E-state index contributed by atoms with van der Waals surface area (Å²) in [6, 6.07) is 15.3. The molecule has 0 spiro atoms. The topological polar surface area (TPSA) is 32.3 Å². The number of benzene rings is 2. The van der Waals surface area contributed by atoms with E-state index in [0.717, 1.165) is 13.0 Å². The number of carbonyl (C=O) groups excluding carboxylic acids is 1. The molecule has 0 bridgehead atoms. The molecule has 3 aliphatic rings. The van der Waals surface area contributed by atoms with Gasteiger partial charge in [-0.3, -0.25) is 0 Å². The number of hydrogen-bond acceptors (Lipinski definition) is 1. The van der Waals surface area contributed by atoms with Crippen molar-refractivity contribution in [2.24, 2.45) is 5.92 Å². The van der Waals surface area contributed by atoms with Crippen LogP contribution in [0.2, 0.25) is 0 Å². The molecule has 2 amide bonds. The third-order valence-electron chi connectivity index (χ3n) is 6.46. The summed E-state index contributed by atoms with van der Waals surface area (Å²) in [5, 5.41) is 2.88. The molecular formula is C22H22F2N2O. The predicted octanol–water partition coefficient (Wildman–Crippen LogP) is 4.92. The number of amides is 2. The zero-order valence-electron chi connectivity index (χ0n) is 15.2. The molecule has 5 heteroatoms. The predicted molar refractivity (Wildman–Crippen MR) is 100 cm³/mol. The van der Waals surface area contributed by atoms with E-state index in [9.17, 15) is 13.6 Å². The summed E-state index contributed by atoms with van der Waals surface area (Å²) in [5.41, 5.74) is 3.65. The first kappa shape index (κ1) is 16.7. The molecule has 5 rings (SSSR count). The van der Waals surface area contributed by atoms with E-state index in [-0.39, 0.29) is 17.9 Å². The van der Waals surface area contributed by atoms with Crippen LogP contribution in [0.25, 0.3) is 0 Å². The van der Waals surface area contributed by atoms with Crippen LogP contribution in [0.5, 0.6) is 0 Å². The number of nitrogens with one attached hydrogen (secondary N) is 1. The summed E-state index contributed by atoms with van der Waals surface area (Å²) in [6.45, 7) is 3.48. The lowest BCUT2D eigenvalue weighted by Gasteiger charge is -2.22. The van der Waals surface area contributed by atoms with Gasteiger partial charge < -0.3 is 10.2 Å². The molecule has 27 heavy (non-hydrogen) atoms. The summed E-state index contributed by atoms with van der Waals surface area (Å²) < 4.78 is 27.0. The highest BCUT2D eigenvalue weighted by atomic mass is 19.3. The van der Waals surface area contributed by atoms with Crippen molar-refractivity contribution in [3.63, 3.8) is 0 Å². The number of fused-ring (bicyclic) bond motifs is 1. The lowest BCUT2D eigenvalue weighted by Crippen LogP contribution is -2.36. The monoisotopic (exact) mass is 368 g/mol. The van der Waals surface area contributed by atoms with Crippen LogP contribution in [-0.4, -0.2) is 29.9 Å². The van der Waals surface area contributed by atoms with Gasteiger partial charge in [0.05, 0.1) is 5.92 Å². The van der Waals surface area contributed by atoms with Crippen LogP contribution >= 0.6 is 0 Å². The summed E-state index contributed by atoms with van der Waals surface area (Å²) in [4.78, 5) is 14.6. The van der Waals surface area contributed by atoms with Gasteiger partial charge in [-0.1, -0.05) is 48.0 Å². The van der Waals surface area contributed by atoms with E-state index in [1.165, 1.54) is 11.1 Å². The molecule has 3 nitrogen and oxygen atoms in total. The molecule has 1 saturated heterocycles. The number of halogens is 2. The van der Waals surface area contributed by atoms with Gasteiger partial charge in [0, 0.05) is 30.6 Å². The summed E-state index contributed by atoms with van der Waals surface area (Å²) in [5.74, 6) is -2.93. The highest BCUT2D eigenvalue weighted by Crippen LogP contribution is 2.59. The first-order valence-electron chi connectivity index (χ1n) is 9.49. The second-order valence-electron chi connectivity index (χ2n) is 8.34. The molecule has 2 aromatic carbocycles. The van der Waals surface area contributed by atoms with Crippen molar-refractivity contribution in [3.8, 4) is 0 Å². The standard InChI is InChI=1S/C22H22F2N2O/c1-14-6-8-15(9-7-14)21-10-16(21)12-26(13-21)20(27)25-19-5-3-2-4-17(19)18-11-22(18,23)24/h2-9,16,18H,10-13H2,1H3,(H,25,27)/t16-,18?,21+/m0/s1. The Balaban J connectivity index is 1.31. The maximum Gasteiger partial charge on any atom is 0.321 e. The Morgan fingerprint density at radius 3 is 2.52 bits per heavy atom. The van der Waals surface area contributed by atoms with Crippen molar-refractivity contribution in [2.75, 3.05) is 18.4 Å². The molecule has 0 radical (unpaired) electrons. The Kier molecular flexibility index (Phi) is 3.43. The second-order valence-corrected chi connectivity index (χ2v) is 8.34. The van der Waals surface area contributed by atoms with Crippen molar-refractivity contribution in [1.82, 2.24) is 4.90 Å². The zero-order chi connectivity index (χ0) is 18.8. The maximum atomic E-state index is 13.5. The van der Waals surface area contributed by atoms with E-state index < -0.39 is 11.8 Å². The van der Waals surface area contributed by atoms with E-state index >= 15 is 0 Å². The molecule has 3 fully saturated rings. The van der Waals surface area contributed by atoms with Crippen LogP contribution in [0.4, 0.5) is 19.3 Å². The second kappa shape index (κ2) is 5.54. The van der Waals surface area contributed by atoms with Crippen molar-refractivity contribution in [1.29, 1.82) is 0 Å². The first-order valence-corrected chi connectivity index (χ1v) is 9.49. The maximum absolute atomic E-state index is 13.5. The molecular weight excluding hydrogens is 346 g/mol. The Hall–Kier alpha value is -2.43. The largest absolute Gasteiger partial charge is 0.323 e. The fraction of sp³-hybridized carbons (Fsp3) is 0.409. The normalized spacial score (nSPS) is 30.0. The van der Waals surface area contributed by atoms with Crippen molar-refractivity contribution in [2.45, 2.75) is 37.0 Å². The number of carbonyl (C=O) groups is 1. The molecule has 3 atom stereocenters. The molecule has 2 saturated carbocycles. The third kappa shape index (κ3) is 2.71. The molecule has 2 aliphatic carbocycles. The Morgan fingerprint density at radius 2 is 1.81 bits per heavy atom. The SMILES string of the molecule is Cc1ccc([C@]23C[C@H]2CN(C(=O)Nc2ccccc2C2CC2(F)F)C3)cc1. The Morgan fingerprint density at radius 1 is 1.11 bits per heavy atom. The van der Waals surface area contributed by atoms with Crippen LogP contribution in [0, 0.1) is 12.8 Å². The van der Waals surface area contributed by atoms with E-state index in [1.807, 2.05) is 4.90 Å². The summed E-state index contributed by atoms with van der Waals surface area (Å²) in [7, 11) is 0. The van der Waals surface area contributed by atoms with Gasteiger partial charge in [-0.15, -0.1) is 0 Å². The number of nitrogens with zero attached hydrogens (tertiary/aromatic N) is 1. The highest BCUT2D eigenvalue weighted by molar-refractivity contribution is 5.91. The fourth-order valence-corrected chi connectivity index (χ4v) is 4.63. The van der Waals surface area contributed by atoms with Gasteiger partial charge in [-0.05, 0) is 36.5 Å². The average molecular weight is 368 g/mol. The minimum absolute atomic E-state index is 0.0775. The molecule has 2 aromatic rings. The number of piperidine rings is 1. The quantitative estimate of drug-likeness (QED) is 0.819. The Bertz CT molecular complexity index is 911. The zero-order valence-corrected chi connectivity index (χ0v) is 15.2. The Labute approximate surface area is 157 Å². The lowest BCUT2D eigenvalue weighted by atomic mass is 9.94. The molecule has 0 aromatic heterocycles. The van der Waals surface area contributed by atoms with Crippen molar-refractivity contribution >= 4 is 11.7 Å². The van der Waals surface area contributed by atoms with Gasteiger partial charge >= 0.3 is 6.03 Å². The highest BCUT2D eigenvalue weighted by Gasteiger charge is 2.62. The van der Waals surface area contributed by atoms with Gasteiger partial charge in [0.15, 0.2) is 0 Å². The minimum Gasteiger partial charge on any atom is -0.323 e. The third-order valence-corrected chi connectivity index (χ3v) is 6.46. The summed E-state index contributed by atoms with van der Waals surface area (Å²) >= 11 is 0. The number of likely N-dealkylation sites (tertiary alicyclic amines) is 1. The van der Waals surface area contributed by atoms with Crippen molar-refractivity contribution in [3.05, 3.63) is 65.2 Å². The molecule has 1 heterocycles. The number of anilines is 1. The van der Waals surface area contributed by atoms with E-state index in [2.05, 4.69) is 36.5 Å². The van der Waals surface area contributed by atoms with Crippen LogP contribution in [0.1, 0.15) is 35.4 Å². The van der Waals surface area contributed by atoms with Crippen LogP contribution in [0.3, 0.4) is 0 Å². The number of alkyl halides is 2. The number of para-hydroxylation sites is 1. The number of urea groups is 1. The average Bonchev–Trinajstić information content (AvgIpc) is 3.47. The van der Waals surface area contributed by atoms with Crippen LogP contribution in [-0.2, 0) is 5.41 Å². The van der Waals surface area contributed by atoms with Gasteiger partial charge in [0.25, 0.3) is 5.92 Å². The van der Waals surface area contributed by atoms with E-state index in [0.29, 0.717) is 23.7 Å². The van der Waals surface area contributed by atoms with Gasteiger partial charge in [-0.25, -0.2) is 13.6 Å². The minimum atomic E-state index is -2.65. The van der Waals surface area contributed by atoms with Gasteiger partial charge in [-0.2, -0.15) is 0 Å². The number of rotatable bonds is 3. The van der Waals surface area contributed by atoms with Gasteiger partial charge in [0.2, 0.25) is 0 Å². The molecule has 140 valence electrons. The molecule has 1 unspecified atom stereocenters.